The van der Waals surface area contributed by atoms with E-state index in [2.05, 4.69) is 38.1 Å². The maximum absolute atomic E-state index is 13.2. The predicted octanol–water partition coefficient (Wildman–Crippen LogP) is 4.60. The number of benzene rings is 2. The quantitative estimate of drug-likeness (QED) is 0.656. The van der Waals surface area contributed by atoms with Gasteiger partial charge in [-0.15, -0.1) is 0 Å². The number of aromatic nitrogens is 2. The fraction of sp³-hybridized carbons (Fsp3) is 0.375. The third kappa shape index (κ3) is 3.64. The van der Waals surface area contributed by atoms with E-state index < -0.39 is 0 Å². The van der Waals surface area contributed by atoms with Crippen molar-refractivity contribution < 1.29 is 4.79 Å². The van der Waals surface area contributed by atoms with Gasteiger partial charge in [-0.25, -0.2) is 9.97 Å². The highest BCUT2D eigenvalue weighted by Gasteiger charge is 2.29. The molecule has 1 unspecified atom stereocenters. The van der Waals surface area contributed by atoms with Crippen molar-refractivity contribution in [2.45, 2.75) is 52.0 Å². The van der Waals surface area contributed by atoms with Gasteiger partial charge < -0.3 is 4.90 Å². The van der Waals surface area contributed by atoms with E-state index in [-0.39, 0.29) is 11.9 Å². The molecule has 2 aromatic carbocycles. The van der Waals surface area contributed by atoms with Gasteiger partial charge in [-0.2, -0.15) is 0 Å². The van der Waals surface area contributed by atoms with Gasteiger partial charge in [0.15, 0.2) is 0 Å². The lowest BCUT2D eigenvalue weighted by molar-refractivity contribution is 0.0736. The second kappa shape index (κ2) is 8.09. The van der Waals surface area contributed by atoms with Crippen LogP contribution in [0.15, 0.2) is 48.5 Å². The van der Waals surface area contributed by atoms with Crippen LogP contribution < -0.4 is 0 Å². The van der Waals surface area contributed by atoms with Crippen LogP contribution in [0.25, 0.3) is 11.0 Å². The number of likely N-dealkylation sites (tertiary alicyclic amines) is 1. The fourth-order valence-corrected chi connectivity index (χ4v) is 4.19. The molecule has 4 rings (SSSR count). The lowest BCUT2D eigenvalue weighted by atomic mass is 10.0. The molecule has 28 heavy (non-hydrogen) atoms. The second-order valence-electron chi connectivity index (χ2n) is 7.51. The Morgan fingerprint density at radius 2 is 1.71 bits per heavy atom. The van der Waals surface area contributed by atoms with Gasteiger partial charge in [0.25, 0.3) is 5.91 Å². The molecule has 0 bridgehead atoms. The third-order valence-corrected chi connectivity index (χ3v) is 5.69. The second-order valence-corrected chi connectivity index (χ2v) is 7.51. The lowest BCUT2D eigenvalue weighted by Crippen LogP contribution is -2.36. The molecule has 1 aliphatic rings. The van der Waals surface area contributed by atoms with E-state index in [4.69, 9.17) is 9.97 Å². The Morgan fingerprint density at radius 3 is 2.43 bits per heavy atom. The van der Waals surface area contributed by atoms with E-state index in [0.717, 1.165) is 61.1 Å². The average Bonchev–Trinajstić information content (AvgIpc) is 3.20. The van der Waals surface area contributed by atoms with Crippen LogP contribution in [-0.4, -0.2) is 33.4 Å². The minimum atomic E-state index is 0.111. The summed E-state index contributed by atoms with van der Waals surface area (Å²) in [5.41, 5.74) is 5.77. The first-order valence-electron chi connectivity index (χ1n) is 10.3. The number of aryl methyl sites for hydroxylation is 2. The van der Waals surface area contributed by atoms with Crippen LogP contribution in [0.4, 0.5) is 0 Å². The minimum absolute atomic E-state index is 0.111. The maximum Gasteiger partial charge on any atom is 0.254 e. The van der Waals surface area contributed by atoms with E-state index >= 15 is 0 Å². The van der Waals surface area contributed by atoms with Crippen LogP contribution in [0.2, 0.25) is 0 Å². The summed E-state index contributed by atoms with van der Waals surface area (Å²) in [7, 11) is 0. The van der Waals surface area contributed by atoms with Gasteiger partial charge in [0.1, 0.15) is 0 Å². The predicted molar refractivity (Wildman–Crippen MR) is 112 cm³/mol. The Morgan fingerprint density at radius 1 is 1.00 bits per heavy atom. The summed E-state index contributed by atoms with van der Waals surface area (Å²) < 4.78 is 0. The van der Waals surface area contributed by atoms with E-state index in [1.54, 1.807) is 0 Å². The zero-order valence-electron chi connectivity index (χ0n) is 16.7. The molecule has 0 radical (unpaired) electrons. The van der Waals surface area contributed by atoms with Crippen molar-refractivity contribution in [1.82, 2.24) is 14.9 Å². The number of hydrogen-bond donors (Lipinski definition) is 0. The number of nitrogens with zero attached hydrogens (tertiary/aromatic N) is 3. The molecule has 0 N–H and O–H groups in total. The topological polar surface area (TPSA) is 46.1 Å². The number of amides is 1. The highest BCUT2D eigenvalue weighted by atomic mass is 16.2. The lowest BCUT2D eigenvalue weighted by Gasteiger charge is -2.25. The number of hydrogen-bond acceptors (Lipinski definition) is 3. The summed E-state index contributed by atoms with van der Waals surface area (Å²) in [6.07, 6.45) is 4.78. The molecule has 1 fully saturated rings. The van der Waals surface area contributed by atoms with Gasteiger partial charge in [0.05, 0.1) is 22.4 Å². The molecular formula is C24H27N3O. The van der Waals surface area contributed by atoms with Crippen molar-refractivity contribution in [3.63, 3.8) is 0 Å². The maximum atomic E-state index is 13.2. The highest BCUT2D eigenvalue weighted by Crippen LogP contribution is 2.25. The van der Waals surface area contributed by atoms with Crippen molar-refractivity contribution >= 4 is 16.9 Å². The van der Waals surface area contributed by atoms with Crippen LogP contribution in [0, 0.1) is 0 Å². The SMILES string of the molecule is CCc1nc2ccc(C(=O)N3CCCC3Cc3ccccc3)cc2nc1CC. The summed E-state index contributed by atoms with van der Waals surface area (Å²) >= 11 is 0. The minimum Gasteiger partial charge on any atom is -0.335 e. The highest BCUT2D eigenvalue weighted by molar-refractivity contribution is 5.97. The van der Waals surface area contributed by atoms with Gasteiger partial charge in [-0.3, -0.25) is 4.79 Å². The number of rotatable bonds is 5. The van der Waals surface area contributed by atoms with E-state index in [1.807, 2.05) is 29.2 Å². The van der Waals surface area contributed by atoms with Gasteiger partial charge in [0.2, 0.25) is 0 Å². The summed E-state index contributed by atoms with van der Waals surface area (Å²) in [6, 6.07) is 16.5. The zero-order valence-corrected chi connectivity index (χ0v) is 16.7. The standard InChI is InChI=1S/C24H27N3O/c1-3-20-21(4-2)26-23-16-18(12-13-22(23)25-20)24(28)27-14-8-11-19(27)15-17-9-6-5-7-10-17/h5-7,9-10,12-13,16,19H,3-4,8,11,14-15H2,1-2H3. The normalized spacial score (nSPS) is 16.6. The first-order chi connectivity index (χ1) is 13.7. The third-order valence-electron chi connectivity index (χ3n) is 5.69. The molecule has 1 aromatic heterocycles. The number of fused-ring (bicyclic) bond motifs is 1. The smallest absolute Gasteiger partial charge is 0.254 e. The van der Waals surface area contributed by atoms with Crippen molar-refractivity contribution in [2.75, 3.05) is 6.54 Å². The van der Waals surface area contributed by atoms with Crippen molar-refractivity contribution in [2.24, 2.45) is 0 Å². The summed E-state index contributed by atoms with van der Waals surface area (Å²) in [6.45, 7) is 5.03. The molecule has 144 valence electrons. The average molecular weight is 374 g/mol. The van der Waals surface area contributed by atoms with Crippen LogP contribution >= 0.6 is 0 Å². The van der Waals surface area contributed by atoms with Crippen molar-refractivity contribution in [1.29, 1.82) is 0 Å². The molecule has 4 nitrogen and oxygen atoms in total. The van der Waals surface area contributed by atoms with Gasteiger partial charge in [-0.1, -0.05) is 44.2 Å². The van der Waals surface area contributed by atoms with Gasteiger partial charge >= 0.3 is 0 Å². The zero-order chi connectivity index (χ0) is 19.5. The number of carbonyl (C=O) groups excluding carboxylic acids is 1. The molecule has 1 saturated heterocycles. The Balaban J connectivity index is 1.60. The number of carbonyl (C=O) groups is 1. The van der Waals surface area contributed by atoms with E-state index in [1.165, 1.54) is 5.56 Å². The molecule has 1 amide bonds. The Labute approximate surface area is 166 Å². The summed E-state index contributed by atoms with van der Waals surface area (Å²) in [5.74, 6) is 0.111. The molecule has 4 heteroatoms. The largest absolute Gasteiger partial charge is 0.335 e. The van der Waals surface area contributed by atoms with Crippen LogP contribution in [0.1, 0.15) is 54.0 Å². The Hall–Kier alpha value is -2.75. The molecular weight excluding hydrogens is 346 g/mol. The van der Waals surface area contributed by atoms with E-state index in [0.29, 0.717) is 5.56 Å². The Bertz CT molecular complexity index is 984. The first kappa shape index (κ1) is 18.6. The molecule has 0 saturated carbocycles. The summed E-state index contributed by atoms with van der Waals surface area (Å²) in [5, 5.41) is 0. The van der Waals surface area contributed by atoms with Crippen molar-refractivity contribution in [3.8, 4) is 0 Å². The molecule has 2 heterocycles. The molecule has 3 aromatic rings. The van der Waals surface area contributed by atoms with Gasteiger partial charge in [-0.05, 0) is 55.9 Å². The van der Waals surface area contributed by atoms with E-state index in [9.17, 15) is 4.79 Å². The van der Waals surface area contributed by atoms with Crippen LogP contribution in [0.5, 0.6) is 0 Å². The van der Waals surface area contributed by atoms with Crippen LogP contribution in [-0.2, 0) is 19.3 Å². The van der Waals surface area contributed by atoms with Crippen molar-refractivity contribution in [3.05, 3.63) is 71.0 Å². The van der Waals surface area contributed by atoms with Gasteiger partial charge in [0, 0.05) is 18.2 Å². The first-order valence-corrected chi connectivity index (χ1v) is 10.3. The van der Waals surface area contributed by atoms with Crippen LogP contribution in [0.3, 0.4) is 0 Å². The Kier molecular flexibility index (Phi) is 5.38. The monoisotopic (exact) mass is 373 g/mol. The molecule has 1 atom stereocenters. The molecule has 0 spiro atoms. The molecule has 0 aliphatic carbocycles. The fourth-order valence-electron chi connectivity index (χ4n) is 4.19. The summed E-state index contributed by atoms with van der Waals surface area (Å²) in [4.78, 5) is 24.8. The molecule has 1 aliphatic heterocycles.